The second kappa shape index (κ2) is 6.79. The molecule has 0 aromatic carbocycles. The first-order valence-electron chi connectivity index (χ1n) is 7.53. The minimum absolute atomic E-state index is 0.224. The van der Waals surface area contributed by atoms with Crippen molar-refractivity contribution in [3.05, 3.63) is 29.6 Å². The number of hydrogen-bond donors (Lipinski definition) is 1. The summed E-state index contributed by atoms with van der Waals surface area (Å²) in [5.74, 6) is 0.215. The summed E-state index contributed by atoms with van der Waals surface area (Å²) in [7, 11) is 0. The summed E-state index contributed by atoms with van der Waals surface area (Å²) in [6.45, 7) is 5.71. The van der Waals surface area contributed by atoms with Gasteiger partial charge in [-0.2, -0.15) is 0 Å². The van der Waals surface area contributed by atoms with Crippen LogP contribution in [-0.2, 0) is 11.4 Å². The fraction of sp³-hybridized carbons (Fsp3) is 0.562. The number of aromatic nitrogens is 1. The molecule has 1 amide bonds. The van der Waals surface area contributed by atoms with Crippen LogP contribution in [0.3, 0.4) is 0 Å². The lowest BCUT2D eigenvalue weighted by atomic mass is 10.1. The molecule has 120 valence electrons. The van der Waals surface area contributed by atoms with Crippen LogP contribution >= 0.6 is 0 Å². The van der Waals surface area contributed by atoms with Crippen LogP contribution in [0.25, 0.3) is 0 Å². The first kappa shape index (κ1) is 17.0. The highest BCUT2D eigenvalue weighted by molar-refractivity contribution is 7.91. The fourth-order valence-electron chi connectivity index (χ4n) is 1.94. The minimum atomic E-state index is -1.31. The van der Waals surface area contributed by atoms with E-state index in [-0.39, 0.29) is 5.69 Å². The molecule has 1 aliphatic rings. The Hall–Kier alpha value is -1.40. The Morgan fingerprint density at radius 3 is 2.59 bits per heavy atom. The van der Waals surface area contributed by atoms with Gasteiger partial charge in [-0.05, 0) is 51.7 Å². The molecule has 22 heavy (non-hydrogen) atoms. The number of nitrogens with zero attached hydrogens (tertiary/aromatic N) is 2. The standard InChI is InChI=1S/C16H23N3O2S/c1-16(2,3)22(21)19-13(8-6-11-4-5-11)12-7-9-14(15(17)20)18-10-12/h7,9-11H,4-6,8H2,1-3H3,(H2,17,20)/t22-/m1/s1. The monoisotopic (exact) mass is 321 g/mol. The van der Waals surface area contributed by atoms with Gasteiger partial charge in [-0.25, -0.2) is 0 Å². The van der Waals surface area contributed by atoms with Crippen LogP contribution in [-0.4, -0.2) is 25.9 Å². The zero-order valence-electron chi connectivity index (χ0n) is 13.3. The van der Waals surface area contributed by atoms with Gasteiger partial charge in [0, 0.05) is 11.8 Å². The van der Waals surface area contributed by atoms with Crippen LogP contribution in [0, 0.1) is 5.92 Å². The molecular weight excluding hydrogens is 298 g/mol. The van der Waals surface area contributed by atoms with Gasteiger partial charge in [0.15, 0.2) is 0 Å². The van der Waals surface area contributed by atoms with Crippen LogP contribution in [0.5, 0.6) is 0 Å². The van der Waals surface area contributed by atoms with Crippen molar-refractivity contribution in [1.29, 1.82) is 0 Å². The van der Waals surface area contributed by atoms with Gasteiger partial charge < -0.3 is 10.3 Å². The third-order valence-electron chi connectivity index (χ3n) is 3.55. The maximum Gasteiger partial charge on any atom is 0.267 e. The van der Waals surface area contributed by atoms with Crippen molar-refractivity contribution in [3.8, 4) is 0 Å². The Labute approximate surface area is 134 Å². The molecule has 1 aromatic heterocycles. The first-order valence-corrected chi connectivity index (χ1v) is 8.64. The van der Waals surface area contributed by atoms with E-state index < -0.39 is 22.0 Å². The number of amides is 1. The largest absolute Gasteiger partial charge is 0.591 e. The van der Waals surface area contributed by atoms with Crippen molar-refractivity contribution in [1.82, 2.24) is 4.98 Å². The number of carbonyl (C=O) groups excluding carboxylic acids is 1. The van der Waals surface area contributed by atoms with Gasteiger partial charge in [-0.1, -0.05) is 17.2 Å². The lowest BCUT2D eigenvalue weighted by molar-refractivity contribution is 0.0995. The molecule has 2 N–H and O–H groups in total. The lowest BCUT2D eigenvalue weighted by Gasteiger charge is -2.19. The van der Waals surface area contributed by atoms with Crippen LogP contribution in [0.1, 0.15) is 62.5 Å². The second-order valence-corrected chi connectivity index (χ2v) is 8.58. The summed E-state index contributed by atoms with van der Waals surface area (Å²) < 4.78 is 16.3. The molecule has 1 aliphatic carbocycles. The van der Waals surface area contributed by atoms with E-state index in [1.54, 1.807) is 18.3 Å². The highest BCUT2D eigenvalue weighted by Gasteiger charge is 2.28. The van der Waals surface area contributed by atoms with E-state index in [1.165, 1.54) is 12.8 Å². The predicted octanol–water partition coefficient (Wildman–Crippen LogP) is 2.62. The molecule has 0 bridgehead atoms. The number of rotatable bonds is 6. The molecule has 1 heterocycles. The van der Waals surface area contributed by atoms with Gasteiger partial charge >= 0.3 is 0 Å². The van der Waals surface area contributed by atoms with Gasteiger partial charge in [0.25, 0.3) is 5.91 Å². The summed E-state index contributed by atoms with van der Waals surface area (Å²) in [6, 6.07) is 3.36. The van der Waals surface area contributed by atoms with Crippen LogP contribution < -0.4 is 5.73 Å². The molecule has 1 aromatic rings. The summed E-state index contributed by atoms with van der Waals surface area (Å²) in [4.78, 5) is 15.2. The molecule has 2 rings (SSSR count). The average molecular weight is 321 g/mol. The first-order chi connectivity index (χ1) is 10.3. The van der Waals surface area contributed by atoms with Crippen molar-refractivity contribution in [2.45, 2.75) is 51.2 Å². The van der Waals surface area contributed by atoms with E-state index in [0.29, 0.717) is 0 Å². The molecule has 6 heteroatoms. The van der Waals surface area contributed by atoms with Crippen LogP contribution in [0.2, 0.25) is 0 Å². The Kier molecular flexibility index (Phi) is 5.24. The summed E-state index contributed by atoms with van der Waals surface area (Å²) in [6.07, 6.45) is 5.97. The number of pyridine rings is 1. The molecule has 1 atom stereocenters. The number of hydrogen-bond acceptors (Lipinski definition) is 4. The smallest absolute Gasteiger partial charge is 0.267 e. The number of nitrogens with two attached hydrogens (primary N) is 1. The molecule has 1 saturated carbocycles. The third kappa shape index (κ3) is 4.81. The SMILES string of the molecule is CC(C)(C)[S@@+]([O-])N=C(CCC1CC1)c1ccc(C(N)=O)nc1. The van der Waals surface area contributed by atoms with Crippen molar-refractivity contribution in [2.75, 3.05) is 0 Å². The Morgan fingerprint density at radius 1 is 1.45 bits per heavy atom. The third-order valence-corrected chi connectivity index (χ3v) is 4.99. The van der Waals surface area contributed by atoms with E-state index in [4.69, 9.17) is 5.73 Å². The number of carbonyl (C=O) groups is 1. The molecule has 1 fully saturated rings. The molecule has 0 saturated heterocycles. The van der Waals surface area contributed by atoms with Gasteiger partial charge in [-0.15, -0.1) is 0 Å². The van der Waals surface area contributed by atoms with E-state index in [1.807, 2.05) is 20.8 Å². The summed E-state index contributed by atoms with van der Waals surface area (Å²) in [5, 5.41) is 0. The molecule has 0 radical (unpaired) electrons. The van der Waals surface area contributed by atoms with Gasteiger partial charge in [0.05, 0.1) is 0 Å². The van der Waals surface area contributed by atoms with Crippen LogP contribution in [0.15, 0.2) is 22.7 Å². The molecule has 0 unspecified atom stereocenters. The molecule has 0 aliphatic heterocycles. The topological polar surface area (TPSA) is 91.4 Å². The molecule has 5 nitrogen and oxygen atoms in total. The predicted molar refractivity (Wildman–Crippen MR) is 89.1 cm³/mol. The quantitative estimate of drug-likeness (QED) is 0.645. The Balaban J connectivity index is 2.22. The van der Waals surface area contributed by atoms with Crippen molar-refractivity contribution in [2.24, 2.45) is 16.0 Å². The Morgan fingerprint density at radius 2 is 2.14 bits per heavy atom. The second-order valence-electron chi connectivity index (χ2n) is 6.68. The van der Waals surface area contributed by atoms with E-state index in [9.17, 15) is 9.35 Å². The minimum Gasteiger partial charge on any atom is -0.591 e. The summed E-state index contributed by atoms with van der Waals surface area (Å²) in [5.41, 5.74) is 7.03. The van der Waals surface area contributed by atoms with Gasteiger partial charge in [0.2, 0.25) is 0 Å². The highest BCUT2D eigenvalue weighted by atomic mass is 32.2. The summed E-state index contributed by atoms with van der Waals surface area (Å²) >= 11 is -1.31. The Bertz CT molecular complexity index is 560. The lowest BCUT2D eigenvalue weighted by Crippen LogP contribution is -2.27. The maximum absolute atomic E-state index is 12.3. The maximum atomic E-state index is 12.3. The number of primary amides is 1. The van der Waals surface area contributed by atoms with Crippen molar-refractivity contribution < 1.29 is 9.35 Å². The van der Waals surface area contributed by atoms with E-state index in [0.717, 1.165) is 30.0 Å². The zero-order valence-corrected chi connectivity index (χ0v) is 14.2. The van der Waals surface area contributed by atoms with Crippen LogP contribution in [0.4, 0.5) is 0 Å². The fourth-order valence-corrected chi connectivity index (χ4v) is 2.61. The molecule has 0 spiro atoms. The van der Waals surface area contributed by atoms with E-state index >= 15 is 0 Å². The van der Waals surface area contributed by atoms with Gasteiger partial charge in [-0.3, -0.25) is 9.78 Å². The van der Waals surface area contributed by atoms with Crippen molar-refractivity contribution in [3.63, 3.8) is 0 Å². The average Bonchev–Trinajstić information content (AvgIpc) is 3.26. The zero-order chi connectivity index (χ0) is 16.3. The van der Waals surface area contributed by atoms with Crippen molar-refractivity contribution >= 4 is 23.0 Å². The highest BCUT2D eigenvalue weighted by Crippen LogP contribution is 2.34. The molecular formula is C16H23N3O2S. The van der Waals surface area contributed by atoms with E-state index in [2.05, 4.69) is 9.38 Å². The van der Waals surface area contributed by atoms with Gasteiger partial charge in [0.1, 0.15) is 27.5 Å². The normalized spacial score (nSPS) is 17.4.